The topological polar surface area (TPSA) is 52.0 Å². The zero-order valence-electron chi connectivity index (χ0n) is 8.54. The molecule has 0 unspecified atom stereocenters. The molecule has 2 N–H and O–H groups in total. The molecule has 0 saturated carbocycles. The number of hydrogen-bond donors (Lipinski definition) is 1. The van der Waals surface area contributed by atoms with Crippen molar-refractivity contribution in [1.29, 1.82) is 0 Å². The first kappa shape index (κ1) is 10.2. The van der Waals surface area contributed by atoms with Crippen LogP contribution in [0.1, 0.15) is 11.1 Å². The van der Waals surface area contributed by atoms with E-state index in [9.17, 15) is 0 Å². The van der Waals surface area contributed by atoms with Crippen molar-refractivity contribution in [3.05, 3.63) is 33.8 Å². The zero-order valence-corrected chi connectivity index (χ0v) is 10.1. The standard InChI is InChI=1S/C11H11BrN2O/c1-6-4-3-5-8(7(6)2)10-9(12)11(13)14-15-10/h3-5H,1-2H3,(H2,13,14). The van der Waals surface area contributed by atoms with Crippen molar-refractivity contribution in [2.24, 2.45) is 0 Å². The molecule has 0 aliphatic carbocycles. The van der Waals surface area contributed by atoms with E-state index in [0.29, 0.717) is 11.6 Å². The van der Waals surface area contributed by atoms with Crippen LogP contribution in [-0.2, 0) is 0 Å². The Kier molecular flexibility index (Phi) is 2.52. The molecule has 0 aliphatic rings. The van der Waals surface area contributed by atoms with Crippen LogP contribution in [0.5, 0.6) is 0 Å². The Balaban J connectivity index is 2.64. The van der Waals surface area contributed by atoms with Crippen LogP contribution in [0.15, 0.2) is 27.2 Å². The molecule has 0 atom stereocenters. The van der Waals surface area contributed by atoms with E-state index >= 15 is 0 Å². The van der Waals surface area contributed by atoms with Gasteiger partial charge in [0.25, 0.3) is 0 Å². The molecule has 1 aromatic carbocycles. The van der Waals surface area contributed by atoms with E-state index < -0.39 is 0 Å². The van der Waals surface area contributed by atoms with Crippen molar-refractivity contribution in [2.45, 2.75) is 13.8 Å². The van der Waals surface area contributed by atoms with E-state index in [1.807, 2.05) is 12.1 Å². The molecule has 1 aromatic heterocycles. The fourth-order valence-corrected chi connectivity index (χ4v) is 1.81. The van der Waals surface area contributed by atoms with Gasteiger partial charge < -0.3 is 10.3 Å². The molecule has 0 radical (unpaired) electrons. The van der Waals surface area contributed by atoms with E-state index in [4.69, 9.17) is 10.3 Å². The minimum absolute atomic E-state index is 0.380. The van der Waals surface area contributed by atoms with Gasteiger partial charge in [-0.3, -0.25) is 0 Å². The summed E-state index contributed by atoms with van der Waals surface area (Å²) >= 11 is 3.36. The Bertz CT molecular complexity index is 505. The molecule has 0 aliphatic heterocycles. The van der Waals surface area contributed by atoms with Gasteiger partial charge in [-0.05, 0) is 40.9 Å². The smallest absolute Gasteiger partial charge is 0.183 e. The second-order valence-electron chi connectivity index (χ2n) is 3.46. The van der Waals surface area contributed by atoms with Crippen LogP contribution in [0.3, 0.4) is 0 Å². The summed E-state index contributed by atoms with van der Waals surface area (Å²) in [5.74, 6) is 1.07. The number of nitrogen functional groups attached to an aromatic ring is 1. The average Bonchev–Trinajstić information content (AvgIpc) is 2.53. The Morgan fingerprint density at radius 1 is 1.33 bits per heavy atom. The summed E-state index contributed by atoms with van der Waals surface area (Å²) in [6.07, 6.45) is 0. The van der Waals surface area contributed by atoms with Crippen molar-refractivity contribution < 1.29 is 4.52 Å². The lowest BCUT2D eigenvalue weighted by atomic mass is 10.0. The summed E-state index contributed by atoms with van der Waals surface area (Å²) in [6, 6.07) is 6.04. The van der Waals surface area contributed by atoms with Crippen LogP contribution in [-0.4, -0.2) is 5.16 Å². The first-order valence-electron chi connectivity index (χ1n) is 4.58. The molecule has 3 nitrogen and oxygen atoms in total. The highest BCUT2D eigenvalue weighted by Gasteiger charge is 2.15. The van der Waals surface area contributed by atoms with E-state index in [2.05, 4.69) is 41.0 Å². The van der Waals surface area contributed by atoms with Gasteiger partial charge in [-0.15, -0.1) is 0 Å². The van der Waals surface area contributed by atoms with Gasteiger partial charge in [0.2, 0.25) is 0 Å². The van der Waals surface area contributed by atoms with E-state index in [0.717, 1.165) is 10.0 Å². The number of benzene rings is 1. The van der Waals surface area contributed by atoms with E-state index in [-0.39, 0.29) is 0 Å². The number of halogens is 1. The number of anilines is 1. The lowest BCUT2D eigenvalue weighted by Gasteiger charge is -2.05. The Labute approximate surface area is 96.4 Å². The molecule has 78 valence electrons. The van der Waals surface area contributed by atoms with Gasteiger partial charge in [0, 0.05) is 5.56 Å². The van der Waals surface area contributed by atoms with Crippen molar-refractivity contribution in [1.82, 2.24) is 5.16 Å². The van der Waals surface area contributed by atoms with Crippen LogP contribution in [0.2, 0.25) is 0 Å². The van der Waals surface area contributed by atoms with E-state index in [1.54, 1.807) is 0 Å². The van der Waals surface area contributed by atoms with Crippen LogP contribution in [0.25, 0.3) is 11.3 Å². The van der Waals surface area contributed by atoms with Gasteiger partial charge in [-0.25, -0.2) is 0 Å². The summed E-state index contributed by atoms with van der Waals surface area (Å²) in [6.45, 7) is 4.11. The van der Waals surface area contributed by atoms with Crippen LogP contribution in [0.4, 0.5) is 5.82 Å². The van der Waals surface area contributed by atoms with Gasteiger partial charge in [-0.2, -0.15) is 0 Å². The molecule has 2 rings (SSSR count). The number of aromatic nitrogens is 1. The summed E-state index contributed by atoms with van der Waals surface area (Å²) in [5.41, 5.74) is 9.03. The fraction of sp³-hybridized carbons (Fsp3) is 0.182. The number of nitrogens with two attached hydrogens (primary N) is 1. The molecule has 0 spiro atoms. The number of hydrogen-bond acceptors (Lipinski definition) is 3. The van der Waals surface area contributed by atoms with Crippen molar-refractivity contribution in [2.75, 3.05) is 5.73 Å². The van der Waals surface area contributed by atoms with Crippen molar-refractivity contribution >= 4 is 21.7 Å². The second kappa shape index (κ2) is 3.70. The third kappa shape index (κ3) is 1.65. The van der Waals surface area contributed by atoms with Crippen molar-refractivity contribution in [3.8, 4) is 11.3 Å². The normalized spacial score (nSPS) is 10.6. The highest BCUT2D eigenvalue weighted by atomic mass is 79.9. The molecule has 0 amide bonds. The largest absolute Gasteiger partial charge is 0.380 e. The minimum atomic E-state index is 0.380. The molecule has 15 heavy (non-hydrogen) atoms. The Morgan fingerprint density at radius 3 is 2.67 bits per heavy atom. The van der Waals surface area contributed by atoms with Gasteiger partial charge in [-0.1, -0.05) is 23.4 Å². The monoisotopic (exact) mass is 266 g/mol. The predicted molar refractivity (Wildman–Crippen MR) is 63.5 cm³/mol. The quantitative estimate of drug-likeness (QED) is 0.862. The van der Waals surface area contributed by atoms with Crippen LogP contribution >= 0.6 is 15.9 Å². The second-order valence-corrected chi connectivity index (χ2v) is 4.25. The Hall–Kier alpha value is -1.29. The van der Waals surface area contributed by atoms with Crippen LogP contribution < -0.4 is 5.73 Å². The third-order valence-corrected chi connectivity index (χ3v) is 3.28. The summed E-state index contributed by atoms with van der Waals surface area (Å²) < 4.78 is 5.91. The molecule has 0 fully saturated rings. The molecule has 4 heteroatoms. The Morgan fingerprint density at radius 2 is 2.07 bits per heavy atom. The highest BCUT2D eigenvalue weighted by molar-refractivity contribution is 9.10. The van der Waals surface area contributed by atoms with E-state index in [1.165, 1.54) is 11.1 Å². The van der Waals surface area contributed by atoms with Gasteiger partial charge in [0.15, 0.2) is 11.6 Å². The lowest BCUT2D eigenvalue weighted by Crippen LogP contribution is -1.87. The number of nitrogens with zero attached hydrogens (tertiary/aromatic N) is 1. The molecule has 1 heterocycles. The predicted octanol–water partition coefficient (Wildman–Crippen LogP) is 3.30. The SMILES string of the molecule is Cc1cccc(-c2onc(N)c2Br)c1C. The maximum absolute atomic E-state index is 5.61. The first-order valence-corrected chi connectivity index (χ1v) is 5.37. The first-order chi connectivity index (χ1) is 7.11. The van der Waals surface area contributed by atoms with Crippen LogP contribution in [0, 0.1) is 13.8 Å². The van der Waals surface area contributed by atoms with Gasteiger partial charge in [0.1, 0.15) is 4.47 Å². The zero-order chi connectivity index (χ0) is 11.0. The van der Waals surface area contributed by atoms with Crippen molar-refractivity contribution in [3.63, 3.8) is 0 Å². The lowest BCUT2D eigenvalue weighted by molar-refractivity contribution is 0.435. The minimum Gasteiger partial charge on any atom is -0.380 e. The average molecular weight is 267 g/mol. The maximum Gasteiger partial charge on any atom is 0.183 e. The molecule has 0 bridgehead atoms. The molecule has 2 aromatic rings. The summed E-state index contributed by atoms with van der Waals surface area (Å²) in [7, 11) is 0. The molecule has 0 saturated heterocycles. The number of rotatable bonds is 1. The molecular weight excluding hydrogens is 256 g/mol. The third-order valence-electron chi connectivity index (χ3n) is 2.51. The molecular formula is C11H11BrN2O. The fourth-order valence-electron chi connectivity index (χ4n) is 1.46. The number of aryl methyl sites for hydroxylation is 1. The summed E-state index contributed by atoms with van der Waals surface area (Å²) in [4.78, 5) is 0. The van der Waals surface area contributed by atoms with Gasteiger partial charge >= 0.3 is 0 Å². The highest BCUT2D eigenvalue weighted by Crippen LogP contribution is 2.34. The maximum atomic E-state index is 5.61. The summed E-state index contributed by atoms with van der Waals surface area (Å²) in [5, 5.41) is 3.72. The van der Waals surface area contributed by atoms with Gasteiger partial charge in [0.05, 0.1) is 0 Å².